The molecule has 19 heavy (non-hydrogen) atoms. The second-order valence-electron chi connectivity index (χ2n) is 4.89. The van der Waals surface area contributed by atoms with E-state index in [1.54, 1.807) is 4.90 Å². The second-order valence-corrected chi connectivity index (χ2v) is 4.89. The molecule has 5 heteroatoms. The standard InChI is InChI=1S/C14H17NO4/c1-9-5-10(2)7-11(6-9)15-4-3-12(8-13(16)17)19-14(15)18/h5-7,12H,3-4,8H2,1-2H3,(H,16,17). The molecule has 1 N–H and O–H groups in total. The van der Waals surface area contributed by atoms with Gasteiger partial charge in [0.25, 0.3) is 0 Å². The molecule has 1 saturated heterocycles. The number of carbonyl (C=O) groups is 2. The number of anilines is 1. The maximum absolute atomic E-state index is 11.9. The Morgan fingerprint density at radius 2 is 2.00 bits per heavy atom. The van der Waals surface area contributed by atoms with Gasteiger partial charge < -0.3 is 9.84 Å². The largest absolute Gasteiger partial charge is 0.481 e. The van der Waals surface area contributed by atoms with Gasteiger partial charge in [0.2, 0.25) is 0 Å². The summed E-state index contributed by atoms with van der Waals surface area (Å²) in [4.78, 5) is 24.1. The lowest BCUT2D eigenvalue weighted by atomic mass is 10.1. The van der Waals surface area contributed by atoms with Crippen molar-refractivity contribution in [2.45, 2.75) is 32.8 Å². The number of aryl methyl sites for hydroxylation is 2. The minimum absolute atomic E-state index is 0.133. The highest BCUT2D eigenvalue weighted by Gasteiger charge is 2.29. The van der Waals surface area contributed by atoms with Crippen molar-refractivity contribution < 1.29 is 19.4 Å². The van der Waals surface area contributed by atoms with E-state index in [0.29, 0.717) is 13.0 Å². The number of benzene rings is 1. The van der Waals surface area contributed by atoms with E-state index in [4.69, 9.17) is 9.84 Å². The molecule has 1 aliphatic rings. The van der Waals surface area contributed by atoms with Gasteiger partial charge in [0.05, 0.1) is 6.42 Å². The van der Waals surface area contributed by atoms with Crippen LogP contribution < -0.4 is 4.90 Å². The number of hydrogen-bond acceptors (Lipinski definition) is 3. The van der Waals surface area contributed by atoms with Crippen molar-refractivity contribution in [3.05, 3.63) is 29.3 Å². The number of aliphatic carboxylic acids is 1. The summed E-state index contributed by atoms with van der Waals surface area (Å²) in [5.41, 5.74) is 2.96. The monoisotopic (exact) mass is 263 g/mol. The molecule has 1 amide bonds. The predicted molar refractivity (Wildman–Crippen MR) is 70.4 cm³/mol. The predicted octanol–water partition coefficient (Wildman–Crippen LogP) is 2.49. The average Bonchev–Trinajstić information content (AvgIpc) is 2.26. The Hall–Kier alpha value is -2.04. The van der Waals surface area contributed by atoms with E-state index >= 15 is 0 Å². The van der Waals surface area contributed by atoms with E-state index in [2.05, 4.69) is 0 Å². The lowest BCUT2D eigenvalue weighted by Gasteiger charge is -2.31. The first kappa shape index (κ1) is 13.4. The number of cyclic esters (lactones) is 1. The summed E-state index contributed by atoms with van der Waals surface area (Å²) in [6, 6.07) is 5.88. The van der Waals surface area contributed by atoms with Gasteiger partial charge in [-0.15, -0.1) is 0 Å². The molecule has 0 radical (unpaired) electrons. The summed E-state index contributed by atoms with van der Waals surface area (Å²) in [7, 11) is 0. The first-order valence-corrected chi connectivity index (χ1v) is 6.24. The lowest BCUT2D eigenvalue weighted by Crippen LogP contribution is -2.42. The molecule has 1 unspecified atom stereocenters. The fraction of sp³-hybridized carbons (Fsp3) is 0.429. The summed E-state index contributed by atoms with van der Waals surface area (Å²) in [6.07, 6.45) is -0.591. The molecule has 102 valence electrons. The van der Waals surface area contributed by atoms with Gasteiger partial charge in [-0.1, -0.05) is 6.07 Å². The fourth-order valence-corrected chi connectivity index (χ4v) is 2.31. The van der Waals surface area contributed by atoms with E-state index in [0.717, 1.165) is 16.8 Å². The summed E-state index contributed by atoms with van der Waals surface area (Å²) >= 11 is 0. The molecule has 1 atom stereocenters. The van der Waals surface area contributed by atoms with Crippen LogP contribution in [0.15, 0.2) is 18.2 Å². The number of amides is 1. The fourth-order valence-electron chi connectivity index (χ4n) is 2.31. The van der Waals surface area contributed by atoms with Crippen LogP contribution >= 0.6 is 0 Å². The quantitative estimate of drug-likeness (QED) is 0.909. The number of ether oxygens (including phenoxy) is 1. The highest BCUT2D eigenvalue weighted by atomic mass is 16.6. The number of nitrogens with zero attached hydrogens (tertiary/aromatic N) is 1. The van der Waals surface area contributed by atoms with Crippen LogP contribution in [0.1, 0.15) is 24.0 Å². The van der Waals surface area contributed by atoms with Crippen molar-refractivity contribution in [1.82, 2.24) is 0 Å². The third-order valence-electron chi connectivity index (χ3n) is 3.08. The van der Waals surface area contributed by atoms with Crippen LogP contribution in [0.25, 0.3) is 0 Å². The molecule has 1 heterocycles. The summed E-state index contributed by atoms with van der Waals surface area (Å²) in [5, 5.41) is 8.70. The topological polar surface area (TPSA) is 66.8 Å². The number of hydrogen-bond donors (Lipinski definition) is 1. The molecule has 0 spiro atoms. The Morgan fingerprint density at radius 1 is 1.37 bits per heavy atom. The number of rotatable bonds is 3. The average molecular weight is 263 g/mol. The van der Waals surface area contributed by atoms with Gasteiger partial charge >= 0.3 is 12.1 Å². The third-order valence-corrected chi connectivity index (χ3v) is 3.08. The van der Waals surface area contributed by atoms with Crippen LogP contribution in [0.2, 0.25) is 0 Å². The van der Waals surface area contributed by atoms with Gasteiger partial charge in [0.15, 0.2) is 0 Å². The van der Waals surface area contributed by atoms with Crippen LogP contribution in [0.3, 0.4) is 0 Å². The Morgan fingerprint density at radius 3 is 2.53 bits per heavy atom. The summed E-state index contributed by atoms with van der Waals surface area (Å²) in [5.74, 6) is -0.947. The van der Waals surface area contributed by atoms with Gasteiger partial charge in [0, 0.05) is 18.7 Å². The number of carboxylic acid groups (broad SMARTS) is 1. The van der Waals surface area contributed by atoms with Gasteiger partial charge in [-0.2, -0.15) is 0 Å². The minimum atomic E-state index is -0.947. The molecule has 0 saturated carbocycles. The molecule has 1 aromatic rings. The maximum Gasteiger partial charge on any atom is 0.414 e. The first-order valence-electron chi connectivity index (χ1n) is 6.24. The van der Waals surface area contributed by atoms with Gasteiger partial charge in [0.1, 0.15) is 6.10 Å². The number of carboxylic acids is 1. The normalized spacial score (nSPS) is 19.2. The summed E-state index contributed by atoms with van der Waals surface area (Å²) < 4.78 is 5.15. The molecular formula is C14H17NO4. The van der Waals surface area contributed by atoms with Crippen molar-refractivity contribution in [2.75, 3.05) is 11.4 Å². The maximum atomic E-state index is 11.9. The Balaban J connectivity index is 2.11. The molecule has 5 nitrogen and oxygen atoms in total. The van der Waals surface area contributed by atoms with Crippen LogP contribution in [0, 0.1) is 13.8 Å². The van der Waals surface area contributed by atoms with Crippen LogP contribution in [0.4, 0.5) is 10.5 Å². The zero-order valence-electron chi connectivity index (χ0n) is 11.0. The molecule has 2 rings (SSSR count). The van der Waals surface area contributed by atoms with Gasteiger partial charge in [-0.3, -0.25) is 9.69 Å². The van der Waals surface area contributed by atoms with E-state index in [9.17, 15) is 9.59 Å². The van der Waals surface area contributed by atoms with E-state index < -0.39 is 18.2 Å². The van der Waals surface area contributed by atoms with Crippen molar-refractivity contribution >= 4 is 17.7 Å². The third kappa shape index (κ3) is 3.24. The molecule has 1 aromatic carbocycles. The Labute approximate surface area is 111 Å². The van der Waals surface area contributed by atoms with Crippen molar-refractivity contribution in [3.8, 4) is 0 Å². The minimum Gasteiger partial charge on any atom is -0.481 e. The van der Waals surface area contributed by atoms with Crippen molar-refractivity contribution in [3.63, 3.8) is 0 Å². The SMILES string of the molecule is Cc1cc(C)cc(N2CCC(CC(=O)O)OC2=O)c1. The summed E-state index contributed by atoms with van der Waals surface area (Å²) in [6.45, 7) is 4.43. The highest BCUT2D eigenvalue weighted by Crippen LogP contribution is 2.24. The van der Waals surface area contributed by atoms with E-state index in [1.807, 2.05) is 32.0 Å². The number of carbonyl (C=O) groups excluding carboxylic acids is 1. The van der Waals surface area contributed by atoms with Crippen molar-refractivity contribution in [2.24, 2.45) is 0 Å². The molecule has 0 aromatic heterocycles. The molecule has 0 aliphatic carbocycles. The van der Waals surface area contributed by atoms with Crippen LogP contribution in [-0.2, 0) is 9.53 Å². The van der Waals surface area contributed by atoms with Crippen LogP contribution in [-0.4, -0.2) is 29.8 Å². The van der Waals surface area contributed by atoms with Gasteiger partial charge in [-0.05, 0) is 37.1 Å². The van der Waals surface area contributed by atoms with Crippen molar-refractivity contribution in [1.29, 1.82) is 0 Å². The Bertz CT molecular complexity index is 492. The highest BCUT2D eigenvalue weighted by molar-refractivity contribution is 5.88. The van der Waals surface area contributed by atoms with E-state index in [1.165, 1.54) is 0 Å². The van der Waals surface area contributed by atoms with Crippen LogP contribution in [0.5, 0.6) is 0 Å². The molecule has 1 aliphatic heterocycles. The van der Waals surface area contributed by atoms with Gasteiger partial charge in [-0.25, -0.2) is 4.79 Å². The lowest BCUT2D eigenvalue weighted by molar-refractivity contribution is -0.139. The van der Waals surface area contributed by atoms with E-state index in [-0.39, 0.29) is 6.42 Å². The first-order chi connectivity index (χ1) is 8.95. The smallest absolute Gasteiger partial charge is 0.414 e. The zero-order chi connectivity index (χ0) is 14.0. The zero-order valence-corrected chi connectivity index (χ0v) is 11.0. The molecule has 0 bridgehead atoms. The molecular weight excluding hydrogens is 246 g/mol. The molecule has 1 fully saturated rings. The second kappa shape index (κ2) is 5.30. The Kier molecular flexibility index (Phi) is 3.74.